The van der Waals surface area contributed by atoms with E-state index >= 15 is 0 Å². The molecule has 6 nitrogen and oxygen atoms in total. The standard InChI is InChI=1S/C8H13NO5/c9-6(4-10)1-5(2-7(11)12)3-8(13)14/h5,9-10H,1-4H2,(H,11,12)(H,13,14). The van der Waals surface area contributed by atoms with Crippen LogP contribution >= 0.6 is 0 Å². The average molecular weight is 203 g/mol. The molecule has 0 bridgehead atoms. The van der Waals surface area contributed by atoms with Gasteiger partial charge in [-0.1, -0.05) is 0 Å². The van der Waals surface area contributed by atoms with Crippen molar-refractivity contribution in [3.63, 3.8) is 0 Å². The normalized spacial score (nSPS) is 10.1. The van der Waals surface area contributed by atoms with E-state index in [4.69, 9.17) is 20.7 Å². The lowest BCUT2D eigenvalue weighted by Crippen LogP contribution is -2.17. The molecule has 0 aromatic carbocycles. The van der Waals surface area contributed by atoms with Crippen molar-refractivity contribution < 1.29 is 24.9 Å². The van der Waals surface area contributed by atoms with Crippen LogP contribution in [0, 0.1) is 11.3 Å². The van der Waals surface area contributed by atoms with Gasteiger partial charge in [0.2, 0.25) is 0 Å². The Kier molecular flexibility index (Phi) is 5.47. The summed E-state index contributed by atoms with van der Waals surface area (Å²) in [7, 11) is 0. The molecule has 14 heavy (non-hydrogen) atoms. The molecule has 0 unspecified atom stereocenters. The number of aliphatic hydroxyl groups excluding tert-OH is 1. The first-order valence-corrected chi connectivity index (χ1v) is 4.06. The highest BCUT2D eigenvalue weighted by atomic mass is 16.4. The molecule has 0 aliphatic carbocycles. The predicted molar refractivity (Wildman–Crippen MR) is 47.4 cm³/mol. The zero-order valence-corrected chi connectivity index (χ0v) is 7.56. The number of carbonyl (C=O) groups is 2. The Morgan fingerprint density at radius 1 is 1.07 bits per heavy atom. The van der Waals surface area contributed by atoms with Crippen molar-refractivity contribution in [3.05, 3.63) is 0 Å². The first-order chi connectivity index (χ1) is 6.45. The van der Waals surface area contributed by atoms with Gasteiger partial charge in [-0.25, -0.2) is 0 Å². The third-order valence-corrected chi connectivity index (χ3v) is 1.65. The summed E-state index contributed by atoms with van der Waals surface area (Å²) in [6.07, 6.45) is -0.585. The first kappa shape index (κ1) is 12.6. The molecular weight excluding hydrogens is 190 g/mol. The fourth-order valence-corrected chi connectivity index (χ4v) is 1.12. The van der Waals surface area contributed by atoms with Crippen LogP contribution in [0.15, 0.2) is 0 Å². The molecule has 4 N–H and O–H groups in total. The molecule has 0 saturated carbocycles. The Hall–Kier alpha value is -1.43. The molecule has 0 spiro atoms. The van der Waals surface area contributed by atoms with Crippen LogP contribution in [-0.2, 0) is 9.59 Å². The van der Waals surface area contributed by atoms with Crippen LogP contribution < -0.4 is 0 Å². The van der Waals surface area contributed by atoms with E-state index in [-0.39, 0.29) is 25.0 Å². The summed E-state index contributed by atoms with van der Waals surface area (Å²) in [5.74, 6) is -2.81. The highest BCUT2D eigenvalue weighted by Gasteiger charge is 2.18. The lowest BCUT2D eigenvalue weighted by atomic mass is 9.95. The van der Waals surface area contributed by atoms with Gasteiger partial charge in [0.25, 0.3) is 0 Å². The third-order valence-electron chi connectivity index (χ3n) is 1.65. The van der Waals surface area contributed by atoms with E-state index in [0.717, 1.165) is 0 Å². The highest BCUT2D eigenvalue weighted by Crippen LogP contribution is 2.14. The van der Waals surface area contributed by atoms with Gasteiger partial charge in [-0.05, 0) is 12.3 Å². The molecule has 0 aliphatic heterocycles. The lowest BCUT2D eigenvalue weighted by Gasteiger charge is -2.11. The van der Waals surface area contributed by atoms with Crippen LogP contribution in [0.1, 0.15) is 19.3 Å². The Morgan fingerprint density at radius 3 is 1.79 bits per heavy atom. The van der Waals surface area contributed by atoms with Crippen LogP contribution in [0.5, 0.6) is 0 Å². The zero-order valence-electron chi connectivity index (χ0n) is 7.56. The molecule has 0 aromatic rings. The second-order valence-corrected chi connectivity index (χ2v) is 3.03. The number of rotatable bonds is 7. The van der Waals surface area contributed by atoms with Crippen LogP contribution in [0.4, 0.5) is 0 Å². The van der Waals surface area contributed by atoms with E-state index in [1.165, 1.54) is 0 Å². The summed E-state index contributed by atoms with van der Waals surface area (Å²) < 4.78 is 0. The minimum atomic E-state index is -1.10. The van der Waals surface area contributed by atoms with Crippen LogP contribution in [0.2, 0.25) is 0 Å². The second-order valence-electron chi connectivity index (χ2n) is 3.03. The van der Waals surface area contributed by atoms with E-state index in [2.05, 4.69) is 0 Å². The molecule has 0 radical (unpaired) electrons. The second kappa shape index (κ2) is 6.09. The molecule has 0 saturated heterocycles. The number of aliphatic carboxylic acids is 2. The summed E-state index contributed by atoms with van der Waals surface area (Å²) >= 11 is 0. The minimum Gasteiger partial charge on any atom is -0.481 e. The number of carboxylic acids is 2. The molecule has 6 heteroatoms. The number of hydrogen-bond acceptors (Lipinski definition) is 4. The maximum atomic E-state index is 10.3. The predicted octanol–water partition coefficient (Wildman–Crippen LogP) is -0.0458. The molecular formula is C8H13NO5. The van der Waals surface area contributed by atoms with E-state index < -0.39 is 24.5 Å². The Labute approximate surface area is 80.7 Å². The van der Waals surface area contributed by atoms with Gasteiger partial charge < -0.3 is 20.7 Å². The fourth-order valence-electron chi connectivity index (χ4n) is 1.12. The first-order valence-electron chi connectivity index (χ1n) is 4.06. The van der Waals surface area contributed by atoms with Crippen molar-refractivity contribution in [2.24, 2.45) is 5.92 Å². The Balaban J connectivity index is 4.16. The van der Waals surface area contributed by atoms with Gasteiger partial charge in [0, 0.05) is 18.6 Å². The number of nitrogens with one attached hydrogen (secondary N) is 1. The van der Waals surface area contributed by atoms with Gasteiger partial charge in [-0.15, -0.1) is 0 Å². The highest BCUT2D eigenvalue weighted by molar-refractivity contribution is 5.83. The molecule has 0 aromatic heterocycles. The monoisotopic (exact) mass is 203 g/mol. The summed E-state index contributed by atoms with van der Waals surface area (Å²) in [6.45, 7) is -0.463. The summed E-state index contributed by atoms with van der Waals surface area (Å²) in [5, 5.41) is 32.6. The van der Waals surface area contributed by atoms with Crippen LogP contribution in [-0.4, -0.2) is 39.6 Å². The van der Waals surface area contributed by atoms with Gasteiger partial charge in [-0.3, -0.25) is 9.59 Å². The van der Waals surface area contributed by atoms with E-state index in [0.29, 0.717) is 0 Å². The summed E-state index contributed by atoms with van der Waals surface area (Å²) in [6, 6.07) is 0. The van der Waals surface area contributed by atoms with Gasteiger partial charge in [0.05, 0.1) is 6.61 Å². The molecule has 0 fully saturated rings. The van der Waals surface area contributed by atoms with Crippen molar-refractivity contribution in [3.8, 4) is 0 Å². The molecule has 80 valence electrons. The van der Waals surface area contributed by atoms with E-state index in [9.17, 15) is 9.59 Å². The van der Waals surface area contributed by atoms with E-state index in [1.807, 2.05) is 0 Å². The Morgan fingerprint density at radius 2 is 1.50 bits per heavy atom. The van der Waals surface area contributed by atoms with Gasteiger partial charge in [0.15, 0.2) is 0 Å². The molecule has 0 heterocycles. The minimum absolute atomic E-state index is 0.00903. The van der Waals surface area contributed by atoms with Gasteiger partial charge in [-0.2, -0.15) is 0 Å². The molecule has 0 aliphatic rings. The van der Waals surface area contributed by atoms with Gasteiger partial charge >= 0.3 is 11.9 Å². The Bertz CT molecular complexity index is 222. The molecule has 0 rings (SSSR count). The molecule has 0 atom stereocenters. The van der Waals surface area contributed by atoms with Gasteiger partial charge in [0.1, 0.15) is 0 Å². The fraction of sp³-hybridized carbons (Fsp3) is 0.625. The number of hydrogen-bond donors (Lipinski definition) is 4. The maximum absolute atomic E-state index is 10.3. The van der Waals surface area contributed by atoms with Crippen molar-refractivity contribution in [2.45, 2.75) is 19.3 Å². The summed E-state index contributed by atoms with van der Waals surface area (Å²) in [4.78, 5) is 20.7. The maximum Gasteiger partial charge on any atom is 0.303 e. The molecule has 0 amide bonds. The zero-order chi connectivity index (χ0) is 11.1. The smallest absolute Gasteiger partial charge is 0.303 e. The quantitative estimate of drug-likeness (QED) is 0.433. The van der Waals surface area contributed by atoms with Crippen molar-refractivity contribution >= 4 is 17.7 Å². The van der Waals surface area contributed by atoms with E-state index in [1.54, 1.807) is 0 Å². The third kappa shape index (κ3) is 6.13. The van der Waals surface area contributed by atoms with Crippen LogP contribution in [0.3, 0.4) is 0 Å². The largest absolute Gasteiger partial charge is 0.481 e. The SMILES string of the molecule is N=C(CO)CC(CC(=O)O)CC(=O)O. The van der Waals surface area contributed by atoms with Crippen LogP contribution in [0.25, 0.3) is 0 Å². The topological polar surface area (TPSA) is 119 Å². The lowest BCUT2D eigenvalue weighted by molar-refractivity contribution is -0.140. The van der Waals surface area contributed by atoms with Crippen molar-refractivity contribution in [1.29, 1.82) is 5.41 Å². The van der Waals surface area contributed by atoms with Crippen molar-refractivity contribution in [1.82, 2.24) is 0 Å². The summed E-state index contributed by atoms with van der Waals surface area (Å²) in [5.41, 5.74) is -0.0440. The number of aliphatic hydroxyl groups is 1. The number of carboxylic acid groups (broad SMARTS) is 2. The average Bonchev–Trinajstić information content (AvgIpc) is 2.01. The van der Waals surface area contributed by atoms with Crippen molar-refractivity contribution in [2.75, 3.05) is 6.61 Å².